The number of nitrogens with zero attached hydrogens (tertiary/aromatic N) is 3. The lowest BCUT2D eigenvalue weighted by atomic mass is 10.1. The van der Waals surface area contributed by atoms with E-state index in [0.29, 0.717) is 5.69 Å². The number of nitrogens with one attached hydrogen (secondary N) is 1. The fraction of sp³-hybridized carbons (Fsp3) is 0.0435. The van der Waals surface area contributed by atoms with Gasteiger partial charge in [-0.15, -0.1) is 0 Å². The van der Waals surface area contributed by atoms with Crippen LogP contribution in [0.5, 0.6) is 0 Å². The van der Waals surface area contributed by atoms with Crippen molar-refractivity contribution in [1.29, 1.82) is 0 Å². The van der Waals surface area contributed by atoms with Crippen LogP contribution in [0.3, 0.4) is 0 Å². The Balaban J connectivity index is 0.000000156. The maximum Gasteiger partial charge on any atom is 0.261 e. The lowest BCUT2D eigenvalue weighted by molar-refractivity contribution is -0.411. The van der Waals surface area contributed by atoms with Crippen molar-refractivity contribution in [2.24, 2.45) is 0 Å². The molecule has 0 radical (unpaired) electrons. The van der Waals surface area contributed by atoms with Gasteiger partial charge in [-0.3, -0.25) is 4.72 Å². The summed E-state index contributed by atoms with van der Waals surface area (Å²) >= 11 is 3.51. The van der Waals surface area contributed by atoms with Gasteiger partial charge in [0.1, 0.15) is 0 Å². The van der Waals surface area contributed by atoms with Crippen LogP contribution < -0.4 is 9.62 Å². The van der Waals surface area contributed by atoms with Crippen molar-refractivity contribution in [3.05, 3.63) is 199 Å². The predicted octanol–water partition coefficient (Wildman–Crippen LogP) is 11.3. The Morgan fingerprint density at radius 1 is 0.473 bits per heavy atom. The third-order valence-corrected chi connectivity index (χ3v) is 12.8. The lowest BCUT2D eigenvalue weighted by Gasteiger charge is -2.28. The highest BCUT2D eigenvalue weighted by Gasteiger charge is 2.26. The van der Waals surface area contributed by atoms with Crippen molar-refractivity contribution < 1.29 is 17.6 Å². The monoisotopic (exact) mass is 774 g/mol. The molecule has 0 aromatic heterocycles. The molecule has 0 saturated carbocycles. The van der Waals surface area contributed by atoms with E-state index in [-0.39, 0.29) is 4.90 Å². The van der Waals surface area contributed by atoms with Crippen molar-refractivity contribution in [2.45, 2.75) is 14.7 Å². The summed E-state index contributed by atoms with van der Waals surface area (Å²) in [6.45, 7) is 0. The minimum atomic E-state index is -3.60. The fourth-order valence-electron chi connectivity index (χ4n) is 6.48. The average Bonchev–Trinajstić information content (AvgIpc) is 3.25. The number of rotatable bonds is 8. The molecule has 270 valence electrons. The second-order valence-electron chi connectivity index (χ2n) is 12.8. The quantitative estimate of drug-likeness (QED) is 0.156. The summed E-state index contributed by atoms with van der Waals surface area (Å²) < 4.78 is 32.5. The van der Waals surface area contributed by atoms with Crippen molar-refractivity contribution >= 4 is 80.1 Å². The first-order valence-electron chi connectivity index (χ1n) is 17.9. The summed E-state index contributed by atoms with van der Waals surface area (Å²) in [5.74, 6) is 1.62. The molecule has 55 heavy (non-hydrogen) atoms. The molecular formula is C46H38N4O2S3+2. The summed E-state index contributed by atoms with van der Waals surface area (Å²) in [4.78, 5) is 4.86. The van der Waals surface area contributed by atoms with Gasteiger partial charge >= 0.3 is 0 Å². The molecule has 7 aromatic rings. The second-order valence-corrected chi connectivity index (χ2v) is 16.4. The molecular weight excluding hydrogens is 737 g/mol. The molecule has 2 aliphatic heterocycles. The van der Waals surface area contributed by atoms with Gasteiger partial charge in [0.25, 0.3) is 10.0 Å². The number of hydrogen-bond donors (Lipinski definition) is 1. The summed E-state index contributed by atoms with van der Waals surface area (Å²) in [5.41, 5.74) is 8.74. The van der Waals surface area contributed by atoms with E-state index in [1.54, 1.807) is 48.2 Å². The topological polar surface area (TPSA) is 55.4 Å². The maximum absolute atomic E-state index is 12.6. The zero-order chi connectivity index (χ0) is 37.5. The zero-order valence-electron chi connectivity index (χ0n) is 29.8. The van der Waals surface area contributed by atoms with Crippen LogP contribution in [0.4, 0.5) is 34.1 Å². The first kappa shape index (κ1) is 36.1. The Hall–Kier alpha value is -5.87. The number of para-hydroxylation sites is 4. The number of fused-ring (bicyclic) bond motifs is 2. The third-order valence-electron chi connectivity index (χ3n) is 9.10. The Kier molecular flexibility index (Phi) is 10.9. The number of thioether (sulfide) groups is 2. The van der Waals surface area contributed by atoms with Crippen molar-refractivity contribution in [3.63, 3.8) is 0 Å². The highest BCUT2D eigenvalue weighted by Crippen LogP contribution is 2.43. The van der Waals surface area contributed by atoms with Gasteiger partial charge in [0.2, 0.25) is 11.4 Å². The van der Waals surface area contributed by atoms with E-state index in [4.69, 9.17) is 0 Å². The standard InChI is InChI=1S/C26H21N2S.C20H17N2O2S2/c1-4-12-22(13-5-1)27-19-21-11-10-18-25(26(21)29-20-27)28(23-14-6-2-7-15-23)24-16-8-3-9-17-24;23-26(24,18-11-5-2-6-12-18)21-19-13-7-8-16-14-22(15-25-20(16)19)17-9-3-1-4-10-17/h1-19H,20H2;1-14,21H,15H2/q2*+1. The lowest BCUT2D eigenvalue weighted by Crippen LogP contribution is -2.17. The highest BCUT2D eigenvalue weighted by atomic mass is 32.2. The van der Waals surface area contributed by atoms with E-state index in [1.165, 1.54) is 21.8 Å². The van der Waals surface area contributed by atoms with Crippen molar-refractivity contribution in [2.75, 3.05) is 21.4 Å². The van der Waals surface area contributed by atoms with Crippen LogP contribution in [0, 0.1) is 0 Å². The SMILES string of the molecule is C1=[N+](c2ccccc2)CSc2c1cccc2N(c1ccccc1)c1ccccc1.O=S(=O)(Nc1cccc2c1SC[N+](c1ccccc1)=C2)c1ccccc1. The van der Waals surface area contributed by atoms with Gasteiger partial charge < -0.3 is 4.90 Å². The van der Waals surface area contributed by atoms with E-state index in [1.807, 2.05) is 42.1 Å². The van der Waals surface area contributed by atoms with E-state index in [9.17, 15) is 8.42 Å². The normalized spacial score (nSPS) is 13.2. The van der Waals surface area contributed by atoms with E-state index in [0.717, 1.165) is 39.3 Å². The molecule has 0 atom stereocenters. The molecule has 1 N–H and O–H groups in total. The van der Waals surface area contributed by atoms with Crippen LogP contribution in [0.25, 0.3) is 0 Å². The molecule has 0 fully saturated rings. The minimum absolute atomic E-state index is 0.258. The van der Waals surface area contributed by atoms with Crippen LogP contribution in [0.1, 0.15) is 11.1 Å². The Morgan fingerprint density at radius 2 is 0.909 bits per heavy atom. The van der Waals surface area contributed by atoms with E-state index < -0.39 is 10.0 Å². The van der Waals surface area contributed by atoms with Crippen LogP contribution in [0.15, 0.2) is 203 Å². The third kappa shape index (κ3) is 8.29. The van der Waals surface area contributed by atoms with Gasteiger partial charge in [-0.1, -0.05) is 127 Å². The molecule has 9 heteroatoms. The number of anilines is 4. The Morgan fingerprint density at radius 3 is 1.44 bits per heavy atom. The molecule has 0 spiro atoms. The average molecular weight is 775 g/mol. The number of benzene rings is 7. The molecule has 7 aromatic carbocycles. The van der Waals surface area contributed by atoms with E-state index in [2.05, 4.69) is 153 Å². The molecule has 6 nitrogen and oxygen atoms in total. The van der Waals surface area contributed by atoms with Gasteiger partial charge in [0.05, 0.1) is 37.2 Å². The Labute approximate surface area is 331 Å². The molecule has 2 aliphatic rings. The summed E-state index contributed by atoms with van der Waals surface area (Å²) in [6.07, 6.45) is 4.32. The van der Waals surface area contributed by atoms with E-state index >= 15 is 0 Å². The molecule has 0 unspecified atom stereocenters. The van der Waals surface area contributed by atoms with Crippen LogP contribution in [-0.2, 0) is 10.0 Å². The first-order chi connectivity index (χ1) is 27.0. The predicted molar refractivity (Wildman–Crippen MR) is 229 cm³/mol. The fourth-order valence-corrected chi connectivity index (χ4v) is 9.77. The van der Waals surface area contributed by atoms with Gasteiger partial charge in [0.15, 0.2) is 24.2 Å². The summed E-state index contributed by atoms with van der Waals surface area (Å²) in [7, 11) is -3.60. The molecule has 0 amide bonds. The van der Waals surface area contributed by atoms with Crippen LogP contribution >= 0.6 is 23.5 Å². The summed E-state index contributed by atoms with van der Waals surface area (Å²) in [6, 6.07) is 62.5. The zero-order valence-corrected chi connectivity index (χ0v) is 32.3. The van der Waals surface area contributed by atoms with Crippen LogP contribution in [0.2, 0.25) is 0 Å². The molecule has 9 rings (SSSR count). The Bertz CT molecular complexity index is 2530. The van der Waals surface area contributed by atoms with Gasteiger partial charge in [-0.25, -0.2) is 8.42 Å². The molecule has 2 heterocycles. The van der Waals surface area contributed by atoms with Crippen molar-refractivity contribution in [1.82, 2.24) is 0 Å². The van der Waals surface area contributed by atoms with Gasteiger partial charge in [-0.2, -0.15) is 9.15 Å². The van der Waals surface area contributed by atoms with Crippen LogP contribution in [-0.4, -0.2) is 41.8 Å². The molecule has 0 aliphatic carbocycles. The maximum atomic E-state index is 12.6. The molecule has 0 saturated heterocycles. The summed E-state index contributed by atoms with van der Waals surface area (Å²) in [5, 5.41) is 0. The smallest absolute Gasteiger partial charge is 0.261 e. The number of sulfonamides is 1. The number of hydrogen-bond acceptors (Lipinski definition) is 5. The minimum Gasteiger partial charge on any atom is -0.309 e. The first-order valence-corrected chi connectivity index (χ1v) is 21.3. The highest BCUT2D eigenvalue weighted by molar-refractivity contribution is 7.99. The van der Waals surface area contributed by atoms with Gasteiger partial charge in [-0.05, 0) is 60.7 Å². The van der Waals surface area contributed by atoms with Crippen molar-refractivity contribution in [3.8, 4) is 0 Å². The largest absolute Gasteiger partial charge is 0.309 e. The second kappa shape index (κ2) is 16.7. The van der Waals surface area contributed by atoms with Gasteiger partial charge in [0, 0.05) is 35.6 Å². The molecule has 0 bridgehead atoms.